The molecule has 2 heterocycles. The fourth-order valence-corrected chi connectivity index (χ4v) is 2.00. The number of hydrogen-bond donors (Lipinski definition) is 2. The first-order valence-electron chi connectivity index (χ1n) is 5.96. The van der Waals surface area contributed by atoms with Crippen LogP contribution in [0.15, 0.2) is 30.7 Å². The molecule has 0 bridgehead atoms. The van der Waals surface area contributed by atoms with Crippen molar-refractivity contribution in [3.8, 4) is 0 Å². The topological polar surface area (TPSA) is 110 Å². The zero-order chi connectivity index (χ0) is 14.8. The Morgan fingerprint density at radius 2 is 2.29 bits per heavy atom. The molecular weight excluding hydrogens is 279 g/mol. The number of benzene rings is 1. The molecule has 0 radical (unpaired) electrons. The first-order chi connectivity index (χ1) is 10.2. The van der Waals surface area contributed by atoms with Gasteiger partial charge in [-0.15, -0.1) is 0 Å². The van der Waals surface area contributed by atoms with E-state index < -0.39 is 10.7 Å². The molecule has 0 aliphatic heterocycles. The number of nitro groups is 1. The van der Waals surface area contributed by atoms with Crippen molar-refractivity contribution in [2.45, 2.75) is 6.54 Å². The maximum atomic E-state index is 14.1. The average Bonchev–Trinajstić information content (AvgIpc) is 2.98. The van der Waals surface area contributed by atoms with Crippen molar-refractivity contribution in [3.63, 3.8) is 0 Å². The fourth-order valence-electron chi connectivity index (χ4n) is 2.00. The van der Waals surface area contributed by atoms with Crippen molar-refractivity contribution in [2.24, 2.45) is 0 Å². The Morgan fingerprint density at radius 1 is 1.43 bits per heavy atom. The highest BCUT2D eigenvalue weighted by Crippen LogP contribution is 2.32. The second kappa shape index (κ2) is 5.12. The molecule has 9 heteroatoms. The van der Waals surface area contributed by atoms with Crippen LogP contribution in [-0.4, -0.2) is 25.1 Å². The summed E-state index contributed by atoms with van der Waals surface area (Å²) in [5, 5.41) is 20.4. The summed E-state index contributed by atoms with van der Waals surface area (Å²) in [5.41, 5.74) is -0.0304. The molecule has 0 saturated carbocycles. The maximum Gasteiger partial charge on any atom is 0.281 e. The number of nitrogens with zero attached hydrogens (tertiary/aromatic N) is 4. The molecule has 0 spiro atoms. The van der Waals surface area contributed by atoms with E-state index >= 15 is 0 Å². The summed E-state index contributed by atoms with van der Waals surface area (Å²) in [6.07, 6.45) is 2.78. The van der Waals surface area contributed by atoms with Crippen LogP contribution in [0.3, 0.4) is 0 Å². The highest BCUT2D eigenvalue weighted by molar-refractivity contribution is 5.96. The van der Waals surface area contributed by atoms with Gasteiger partial charge in [-0.1, -0.05) is 0 Å². The third-order valence-corrected chi connectivity index (χ3v) is 2.92. The molecule has 0 unspecified atom stereocenters. The van der Waals surface area contributed by atoms with Crippen LogP contribution in [0.25, 0.3) is 10.9 Å². The Bertz CT molecular complexity index is 805. The van der Waals surface area contributed by atoms with Gasteiger partial charge in [-0.05, 0) is 12.1 Å². The number of aromatic nitrogens is 4. The largest absolute Gasteiger partial charge is 0.374 e. The summed E-state index contributed by atoms with van der Waals surface area (Å²) >= 11 is 0. The zero-order valence-corrected chi connectivity index (χ0v) is 10.6. The minimum absolute atomic E-state index is 0.0904. The first-order valence-corrected chi connectivity index (χ1v) is 5.96. The van der Waals surface area contributed by atoms with Gasteiger partial charge in [-0.2, -0.15) is 5.10 Å². The number of rotatable bonds is 4. The predicted molar refractivity (Wildman–Crippen MR) is 72.1 cm³/mol. The number of halogens is 1. The van der Waals surface area contributed by atoms with Gasteiger partial charge in [0.15, 0.2) is 5.82 Å². The number of aromatic amines is 1. The van der Waals surface area contributed by atoms with Gasteiger partial charge < -0.3 is 5.32 Å². The molecule has 0 atom stereocenters. The van der Waals surface area contributed by atoms with Gasteiger partial charge in [-0.3, -0.25) is 20.2 Å². The summed E-state index contributed by atoms with van der Waals surface area (Å²) in [6.45, 7) is 0.195. The lowest BCUT2D eigenvalue weighted by Gasteiger charge is -2.09. The van der Waals surface area contributed by atoms with Crippen LogP contribution in [0.2, 0.25) is 0 Å². The molecule has 106 valence electrons. The molecule has 8 nitrogen and oxygen atoms in total. The minimum Gasteiger partial charge on any atom is -0.374 e. The van der Waals surface area contributed by atoms with Crippen LogP contribution < -0.4 is 5.32 Å². The van der Waals surface area contributed by atoms with Gasteiger partial charge in [0.2, 0.25) is 0 Å². The summed E-state index contributed by atoms with van der Waals surface area (Å²) in [4.78, 5) is 18.3. The lowest BCUT2D eigenvalue weighted by atomic mass is 10.1. The molecule has 2 N–H and O–H groups in total. The summed E-state index contributed by atoms with van der Waals surface area (Å²) < 4.78 is 14.1. The van der Waals surface area contributed by atoms with Gasteiger partial charge in [0.25, 0.3) is 5.69 Å². The zero-order valence-electron chi connectivity index (χ0n) is 10.6. The number of H-pyrrole nitrogens is 1. The number of nitro benzene ring substituents is 1. The lowest BCUT2D eigenvalue weighted by molar-refractivity contribution is -0.383. The second-order valence-electron chi connectivity index (χ2n) is 4.19. The standard InChI is InChI=1S/C12H9FN6O2/c13-8-4-9(19(20)21)7-2-1-3-14-11(7)12(8)15-5-10-16-6-17-18-10/h1-4,6,15H,5H2,(H,16,17,18). The van der Waals surface area contributed by atoms with Crippen LogP contribution in [0, 0.1) is 15.9 Å². The van der Waals surface area contributed by atoms with Gasteiger partial charge in [0.1, 0.15) is 17.7 Å². The molecule has 0 aliphatic rings. The van der Waals surface area contributed by atoms with E-state index in [9.17, 15) is 14.5 Å². The van der Waals surface area contributed by atoms with Gasteiger partial charge in [0.05, 0.1) is 28.6 Å². The second-order valence-corrected chi connectivity index (χ2v) is 4.19. The van der Waals surface area contributed by atoms with Gasteiger partial charge >= 0.3 is 0 Å². The van der Waals surface area contributed by atoms with Crippen LogP contribution in [0.1, 0.15) is 5.82 Å². The van der Waals surface area contributed by atoms with E-state index in [0.29, 0.717) is 5.82 Å². The monoisotopic (exact) mass is 288 g/mol. The van der Waals surface area contributed by atoms with E-state index in [-0.39, 0.29) is 28.8 Å². The Hall–Kier alpha value is -3.10. The molecule has 0 fully saturated rings. The van der Waals surface area contributed by atoms with Crippen molar-refractivity contribution >= 4 is 22.3 Å². The Morgan fingerprint density at radius 3 is 3.00 bits per heavy atom. The Kier molecular flexibility index (Phi) is 3.14. The van der Waals surface area contributed by atoms with Crippen molar-refractivity contribution in [2.75, 3.05) is 5.32 Å². The van der Waals surface area contributed by atoms with Crippen LogP contribution in [-0.2, 0) is 6.54 Å². The lowest BCUT2D eigenvalue weighted by Crippen LogP contribution is -2.05. The van der Waals surface area contributed by atoms with E-state index in [1.54, 1.807) is 6.07 Å². The molecule has 21 heavy (non-hydrogen) atoms. The van der Waals surface area contributed by atoms with E-state index in [0.717, 1.165) is 6.07 Å². The van der Waals surface area contributed by atoms with Crippen LogP contribution >= 0.6 is 0 Å². The van der Waals surface area contributed by atoms with E-state index in [1.807, 2.05) is 0 Å². The number of non-ortho nitro benzene ring substituents is 1. The van der Waals surface area contributed by atoms with Gasteiger partial charge in [0, 0.05) is 6.20 Å². The summed E-state index contributed by atoms with van der Waals surface area (Å²) in [6, 6.07) is 3.97. The van der Waals surface area contributed by atoms with Crippen molar-refractivity contribution < 1.29 is 9.31 Å². The molecule has 0 saturated heterocycles. The normalized spacial score (nSPS) is 10.7. The number of fused-ring (bicyclic) bond motifs is 1. The van der Waals surface area contributed by atoms with Crippen molar-refractivity contribution in [3.05, 3.63) is 52.5 Å². The maximum absolute atomic E-state index is 14.1. The third kappa shape index (κ3) is 2.36. The summed E-state index contributed by atoms with van der Waals surface area (Å²) in [5.74, 6) is -0.232. The molecule has 3 aromatic rings. The molecule has 3 rings (SSSR count). The Labute approximate surface area is 117 Å². The highest BCUT2D eigenvalue weighted by Gasteiger charge is 2.19. The molecular formula is C12H9FN6O2. The first kappa shape index (κ1) is 12.9. The number of anilines is 1. The predicted octanol–water partition coefficient (Wildman–Crippen LogP) is 2.01. The average molecular weight is 288 g/mol. The molecule has 0 aliphatic carbocycles. The smallest absolute Gasteiger partial charge is 0.281 e. The molecule has 1 aromatic carbocycles. The summed E-state index contributed by atoms with van der Waals surface area (Å²) in [7, 11) is 0. The highest BCUT2D eigenvalue weighted by atomic mass is 19.1. The van der Waals surface area contributed by atoms with E-state index in [1.165, 1.54) is 18.6 Å². The van der Waals surface area contributed by atoms with Crippen molar-refractivity contribution in [1.29, 1.82) is 0 Å². The molecule has 2 aromatic heterocycles. The molecule has 0 amide bonds. The number of nitrogens with one attached hydrogen (secondary N) is 2. The van der Waals surface area contributed by atoms with Gasteiger partial charge in [-0.25, -0.2) is 9.37 Å². The Balaban J connectivity index is 2.08. The van der Waals surface area contributed by atoms with E-state index in [2.05, 4.69) is 25.5 Å². The number of hydrogen-bond acceptors (Lipinski definition) is 6. The van der Waals surface area contributed by atoms with Crippen molar-refractivity contribution in [1.82, 2.24) is 20.2 Å². The third-order valence-electron chi connectivity index (χ3n) is 2.92. The van der Waals surface area contributed by atoms with Crippen LogP contribution in [0.4, 0.5) is 15.8 Å². The minimum atomic E-state index is -0.743. The SMILES string of the molecule is O=[N+]([O-])c1cc(F)c(NCc2ncn[nH]2)c2ncccc12. The number of pyridine rings is 1. The van der Waals surface area contributed by atoms with E-state index in [4.69, 9.17) is 0 Å². The quantitative estimate of drug-likeness (QED) is 0.561. The van der Waals surface area contributed by atoms with Crippen LogP contribution in [0.5, 0.6) is 0 Å². The fraction of sp³-hybridized carbons (Fsp3) is 0.0833.